The van der Waals surface area contributed by atoms with Crippen LogP contribution >= 0.6 is 0 Å². The average molecular weight is 574 g/mol. The molecule has 1 aliphatic heterocycles. The second-order valence-electron chi connectivity index (χ2n) is 11.9. The lowest BCUT2D eigenvalue weighted by atomic mass is 9.68. The van der Waals surface area contributed by atoms with Crippen LogP contribution in [0.15, 0.2) is 71.3 Å². The van der Waals surface area contributed by atoms with E-state index in [1.165, 1.54) is 4.90 Å². The Morgan fingerprint density at radius 2 is 1.74 bits per heavy atom. The van der Waals surface area contributed by atoms with E-state index in [9.17, 15) is 24.9 Å². The van der Waals surface area contributed by atoms with Gasteiger partial charge in [-0.05, 0) is 79.5 Å². The monoisotopic (exact) mass is 573 g/mol. The van der Waals surface area contributed by atoms with Crippen LogP contribution in [-0.2, 0) is 9.59 Å². The number of aromatic hydroxyl groups is 1. The summed E-state index contributed by atoms with van der Waals surface area (Å²) in [6, 6.07) is 16.4. The van der Waals surface area contributed by atoms with Crippen LogP contribution in [0.3, 0.4) is 0 Å². The molecule has 0 spiro atoms. The van der Waals surface area contributed by atoms with E-state index >= 15 is 0 Å². The molecule has 2 aromatic rings. The van der Waals surface area contributed by atoms with Crippen molar-refractivity contribution in [2.24, 2.45) is 17.8 Å². The zero-order valence-corrected chi connectivity index (χ0v) is 24.5. The van der Waals surface area contributed by atoms with Crippen molar-refractivity contribution in [3.05, 3.63) is 76.9 Å². The minimum absolute atomic E-state index is 0.0711. The number of hydrogen-bond donors (Lipinski definition) is 3. The molecule has 2 aromatic carbocycles. The van der Waals surface area contributed by atoms with E-state index in [4.69, 9.17) is 4.74 Å². The summed E-state index contributed by atoms with van der Waals surface area (Å²) in [5, 5.41) is 32.0. The van der Waals surface area contributed by atoms with Gasteiger partial charge in [-0.1, -0.05) is 68.2 Å². The molecule has 7 heteroatoms. The number of aliphatic hydroxyl groups excluding tert-OH is 2. The van der Waals surface area contributed by atoms with Gasteiger partial charge in [0.1, 0.15) is 18.1 Å². The molecule has 0 aromatic heterocycles. The molecule has 42 heavy (non-hydrogen) atoms. The SMILES string of the molecule is CC/C(=C\c1ccc(O)cc1)CC[C@@H](O)C1=C(COc2ccccc2)C[C@H]2C(=O)N(C3CCCCC3)C(=O)[C@H]2[C@H]1CO. The van der Waals surface area contributed by atoms with Crippen LogP contribution in [0.4, 0.5) is 0 Å². The molecule has 2 amide bonds. The van der Waals surface area contributed by atoms with Crippen molar-refractivity contribution in [2.45, 2.75) is 76.9 Å². The summed E-state index contributed by atoms with van der Waals surface area (Å²) in [4.78, 5) is 29.1. The number of benzene rings is 2. The van der Waals surface area contributed by atoms with Crippen molar-refractivity contribution in [3.63, 3.8) is 0 Å². The van der Waals surface area contributed by atoms with Crippen LogP contribution in [0.1, 0.15) is 70.3 Å². The lowest BCUT2D eigenvalue weighted by Gasteiger charge is -2.36. The van der Waals surface area contributed by atoms with Crippen LogP contribution in [0.2, 0.25) is 0 Å². The van der Waals surface area contributed by atoms with Crippen LogP contribution in [0.5, 0.6) is 11.5 Å². The van der Waals surface area contributed by atoms with E-state index in [-0.39, 0.29) is 36.8 Å². The molecule has 1 saturated heterocycles. The fourth-order valence-electron chi connectivity index (χ4n) is 7.14. The van der Waals surface area contributed by atoms with Crippen molar-refractivity contribution in [3.8, 4) is 11.5 Å². The number of likely N-dealkylation sites (tertiary alicyclic amines) is 1. The van der Waals surface area contributed by atoms with E-state index in [0.717, 1.165) is 55.2 Å². The summed E-state index contributed by atoms with van der Waals surface area (Å²) in [5.41, 5.74) is 3.58. The maximum absolute atomic E-state index is 13.8. The number of allylic oxidation sites excluding steroid dienone is 1. The van der Waals surface area contributed by atoms with Crippen LogP contribution in [0.25, 0.3) is 6.08 Å². The molecule has 1 saturated carbocycles. The first-order chi connectivity index (χ1) is 20.4. The van der Waals surface area contributed by atoms with Crippen LogP contribution in [0, 0.1) is 17.8 Å². The van der Waals surface area contributed by atoms with Gasteiger partial charge in [0.2, 0.25) is 11.8 Å². The Bertz CT molecular complexity index is 1290. The number of ether oxygens (including phenoxy) is 1. The standard InChI is InChI=1S/C35H43NO6/c1-2-23(19-24-13-16-27(38)17-14-24)15-18-31(39)32-25(22-42-28-11-7-4-8-12-28)20-29-33(30(32)21-37)35(41)36(34(29)40)26-9-5-3-6-10-26/h4,7-8,11-14,16-17,19,26,29-31,33,37-39H,2-3,5-6,9-10,15,18,20-22H2,1H3/b23-19+/t29-,30+,31-,33-/m1/s1. The number of amides is 2. The highest BCUT2D eigenvalue weighted by atomic mass is 16.5. The normalized spacial score (nSPS) is 24.2. The van der Waals surface area contributed by atoms with Gasteiger partial charge in [-0.15, -0.1) is 0 Å². The Labute approximate surface area is 248 Å². The predicted molar refractivity (Wildman–Crippen MR) is 161 cm³/mol. The van der Waals surface area contributed by atoms with Crippen molar-refractivity contribution < 1.29 is 29.6 Å². The summed E-state index contributed by atoms with van der Waals surface area (Å²) >= 11 is 0. The fourth-order valence-corrected chi connectivity index (χ4v) is 7.14. The van der Waals surface area contributed by atoms with Gasteiger partial charge in [-0.3, -0.25) is 14.5 Å². The van der Waals surface area contributed by atoms with Gasteiger partial charge in [0, 0.05) is 12.0 Å². The molecule has 0 radical (unpaired) electrons. The van der Waals surface area contributed by atoms with Crippen molar-refractivity contribution >= 4 is 17.9 Å². The summed E-state index contributed by atoms with van der Waals surface area (Å²) < 4.78 is 6.12. The number of rotatable bonds is 11. The van der Waals surface area contributed by atoms with E-state index < -0.39 is 23.9 Å². The first-order valence-electron chi connectivity index (χ1n) is 15.4. The van der Waals surface area contributed by atoms with Gasteiger partial charge in [0.15, 0.2) is 0 Å². The van der Waals surface area contributed by atoms with Crippen LogP contribution < -0.4 is 4.74 Å². The molecule has 0 unspecified atom stereocenters. The number of nitrogens with zero attached hydrogens (tertiary/aromatic N) is 1. The van der Waals surface area contributed by atoms with Crippen molar-refractivity contribution in [1.29, 1.82) is 0 Å². The smallest absolute Gasteiger partial charge is 0.234 e. The minimum atomic E-state index is -0.890. The molecule has 3 aliphatic rings. The molecule has 4 atom stereocenters. The molecular formula is C35H43NO6. The third-order valence-corrected chi connectivity index (χ3v) is 9.33. The minimum Gasteiger partial charge on any atom is -0.508 e. The highest BCUT2D eigenvalue weighted by molar-refractivity contribution is 6.06. The third-order valence-electron chi connectivity index (χ3n) is 9.33. The largest absolute Gasteiger partial charge is 0.508 e. The van der Waals surface area contributed by atoms with Gasteiger partial charge >= 0.3 is 0 Å². The predicted octanol–water partition coefficient (Wildman–Crippen LogP) is 5.65. The number of carbonyl (C=O) groups excluding carboxylic acids is 2. The zero-order chi connectivity index (χ0) is 29.6. The average Bonchev–Trinajstić information content (AvgIpc) is 3.27. The topological polar surface area (TPSA) is 107 Å². The molecule has 0 bridgehead atoms. The maximum Gasteiger partial charge on any atom is 0.234 e. The second-order valence-corrected chi connectivity index (χ2v) is 11.9. The second kappa shape index (κ2) is 13.7. The van der Waals surface area contributed by atoms with Crippen molar-refractivity contribution in [2.75, 3.05) is 13.2 Å². The van der Waals surface area contributed by atoms with E-state index in [0.29, 0.717) is 30.6 Å². The van der Waals surface area contributed by atoms with E-state index in [1.54, 1.807) is 12.1 Å². The fraction of sp³-hybridized carbons (Fsp3) is 0.486. The number of imide groups is 1. The van der Waals surface area contributed by atoms with Crippen LogP contribution in [-0.4, -0.2) is 57.4 Å². The molecule has 7 nitrogen and oxygen atoms in total. The Hall–Kier alpha value is -3.42. The molecular weight excluding hydrogens is 530 g/mol. The molecule has 2 aliphatic carbocycles. The summed E-state index contributed by atoms with van der Waals surface area (Å²) in [6.07, 6.45) is 8.19. The first-order valence-corrected chi connectivity index (χ1v) is 15.4. The number of para-hydroxylation sites is 1. The van der Waals surface area contributed by atoms with Gasteiger partial charge in [0.05, 0.1) is 24.5 Å². The lowest BCUT2D eigenvalue weighted by Crippen LogP contribution is -2.42. The van der Waals surface area contributed by atoms with E-state index in [1.807, 2.05) is 42.5 Å². The molecule has 5 rings (SSSR count). The molecule has 2 fully saturated rings. The number of phenols is 1. The molecule has 1 heterocycles. The van der Waals surface area contributed by atoms with Gasteiger partial charge < -0.3 is 20.1 Å². The quantitative estimate of drug-likeness (QED) is 0.237. The Morgan fingerprint density at radius 3 is 2.40 bits per heavy atom. The zero-order valence-electron chi connectivity index (χ0n) is 24.5. The maximum atomic E-state index is 13.8. The number of phenolic OH excluding ortho intramolecular Hbond substituents is 1. The number of aliphatic hydroxyl groups is 2. The Balaban J connectivity index is 1.41. The first kappa shape index (κ1) is 30.1. The number of hydrogen-bond acceptors (Lipinski definition) is 6. The van der Waals surface area contributed by atoms with Gasteiger partial charge in [-0.25, -0.2) is 0 Å². The van der Waals surface area contributed by atoms with Gasteiger partial charge in [-0.2, -0.15) is 0 Å². The Morgan fingerprint density at radius 1 is 1.02 bits per heavy atom. The van der Waals surface area contributed by atoms with Crippen molar-refractivity contribution in [1.82, 2.24) is 4.90 Å². The number of fused-ring (bicyclic) bond motifs is 1. The number of carbonyl (C=O) groups is 2. The molecule has 3 N–H and O–H groups in total. The van der Waals surface area contributed by atoms with Gasteiger partial charge in [0.25, 0.3) is 0 Å². The Kier molecular flexibility index (Phi) is 9.80. The molecule has 224 valence electrons. The lowest BCUT2D eigenvalue weighted by molar-refractivity contribution is -0.143. The van der Waals surface area contributed by atoms with E-state index in [2.05, 4.69) is 13.0 Å². The summed E-state index contributed by atoms with van der Waals surface area (Å²) in [5.74, 6) is -1.26. The highest BCUT2D eigenvalue weighted by Crippen LogP contribution is 2.47. The summed E-state index contributed by atoms with van der Waals surface area (Å²) in [6.45, 7) is 1.94. The highest BCUT2D eigenvalue weighted by Gasteiger charge is 2.56. The third kappa shape index (κ3) is 6.47. The summed E-state index contributed by atoms with van der Waals surface area (Å²) in [7, 11) is 0.